The molecule has 1 heterocycles. The highest BCUT2D eigenvalue weighted by atomic mass is 16.3. The zero-order chi connectivity index (χ0) is 17.9. The molecule has 1 aliphatic heterocycles. The van der Waals surface area contributed by atoms with Crippen LogP contribution in [0.1, 0.15) is 69.4 Å². The van der Waals surface area contributed by atoms with Gasteiger partial charge in [0, 0.05) is 25.7 Å². The molecule has 1 aromatic carbocycles. The maximum Gasteiger partial charge on any atom is 0.256 e. The van der Waals surface area contributed by atoms with Gasteiger partial charge in [-0.2, -0.15) is 0 Å². The summed E-state index contributed by atoms with van der Waals surface area (Å²) in [6.07, 6.45) is 6.25. The molecule has 0 spiro atoms. The Labute approximate surface area is 151 Å². The van der Waals surface area contributed by atoms with Crippen LogP contribution in [0, 0.1) is 0 Å². The zero-order valence-corrected chi connectivity index (χ0v) is 15.6. The topological polar surface area (TPSA) is 52.6 Å². The molecule has 138 valence electrons. The van der Waals surface area contributed by atoms with Crippen LogP contribution < -0.4 is 5.32 Å². The van der Waals surface area contributed by atoms with Crippen molar-refractivity contribution in [1.29, 1.82) is 0 Å². The first kappa shape index (κ1) is 18.4. The molecular weight excluding hydrogens is 312 g/mol. The lowest BCUT2D eigenvalue weighted by Gasteiger charge is -2.39. The maximum absolute atomic E-state index is 12.9. The van der Waals surface area contributed by atoms with Crippen molar-refractivity contribution < 1.29 is 9.90 Å². The molecule has 0 unspecified atom stereocenters. The zero-order valence-electron chi connectivity index (χ0n) is 15.6. The van der Waals surface area contributed by atoms with E-state index in [1.54, 1.807) is 0 Å². The minimum Gasteiger partial charge on any atom is -0.379 e. The maximum atomic E-state index is 12.9. The number of likely N-dealkylation sites (tertiary alicyclic amines) is 1. The van der Waals surface area contributed by atoms with E-state index >= 15 is 0 Å². The Bertz CT molecular complexity index is 578. The highest BCUT2D eigenvalue weighted by molar-refractivity contribution is 5.86. The van der Waals surface area contributed by atoms with Crippen molar-refractivity contribution in [3.05, 3.63) is 35.4 Å². The molecular formula is C21H32N2O2. The second kappa shape index (κ2) is 7.88. The number of aliphatic hydroxyl groups is 1. The Balaban J connectivity index is 1.60. The van der Waals surface area contributed by atoms with Gasteiger partial charge >= 0.3 is 0 Å². The minimum absolute atomic E-state index is 0.114. The van der Waals surface area contributed by atoms with E-state index in [1.807, 2.05) is 4.90 Å². The normalized spacial score (nSPS) is 25.1. The van der Waals surface area contributed by atoms with Crippen molar-refractivity contribution in [1.82, 2.24) is 10.2 Å². The number of hydrogen-bond acceptors (Lipinski definition) is 3. The third-order valence-corrected chi connectivity index (χ3v) is 5.76. The lowest BCUT2D eigenvalue weighted by atomic mass is 9.91. The third-order valence-electron chi connectivity index (χ3n) is 5.76. The summed E-state index contributed by atoms with van der Waals surface area (Å²) in [5, 5.41) is 14.3. The van der Waals surface area contributed by atoms with Crippen molar-refractivity contribution in [2.24, 2.45) is 0 Å². The fraction of sp³-hybridized carbons (Fsp3) is 0.667. The van der Waals surface area contributed by atoms with E-state index in [0.29, 0.717) is 31.5 Å². The molecule has 4 nitrogen and oxygen atoms in total. The first-order valence-corrected chi connectivity index (χ1v) is 9.82. The molecule has 4 heteroatoms. The van der Waals surface area contributed by atoms with E-state index in [-0.39, 0.29) is 5.91 Å². The lowest BCUT2D eigenvalue weighted by molar-refractivity contribution is -0.157. The quantitative estimate of drug-likeness (QED) is 0.833. The fourth-order valence-corrected chi connectivity index (χ4v) is 4.05. The first-order valence-electron chi connectivity index (χ1n) is 9.82. The van der Waals surface area contributed by atoms with Crippen molar-refractivity contribution in [3.63, 3.8) is 0 Å². The molecule has 25 heavy (non-hydrogen) atoms. The summed E-state index contributed by atoms with van der Waals surface area (Å²) in [6.45, 7) is 6.07. The van der Waals surface area contributed by atoms with E-state index in [2.05, 4.69) is 43.4 Å². The average Bonchev–Trinajstić information content (AvgIpc) is 3.12. The highest BCUT2D eigenvalue weighted by Gasteiger charge is 2.42. The number of nitrogens with one attached hydrogen (secondary N) is 1. The van der Waals surface area contributed by atoms with E-state index in [1.165, 1.54) is 18.4 Å². The summed E-state index contributed by atoms with van der Waals surface area (Å²) in [5.41, 5.74) is 1.20. The predicted octanol–water partition coefficient (Wildman–Crippen LogP) is 3.20. The molecule has 1 amide bonds. The standard InChI is InChI=1S/C21H32N2O2/c1-16(2)18-10-8-17(9-11-18)14-23-13-5-12-21(25,20(23)24)15-22-19-6-3-4-7-19/h8-11,16,19,22,25H,3-7,12-15H2,1-2H3/t21-/m0/s1. The van der Waals surface area contributed by atoms with Gasteiger partial charge in [0.05, 0.1) is 0 Å². The molecule has 1 aromatic rings. The van der Waals surface area contributed by atoms with Crippen LogP contribution in [-0.4, -0.2) is 40.6 Å². The van der Waals surface area contributed by atoms with Crippen LogP contribution in [0.25, 0.3) is 0 Å². The molecule has 3 rings (SSSR count). The van der Waals surface area contributed by atoms with Crippen molar-refractivity contribution in [2.45, 2.75) is 76.5 Å². The van der Waals surface area contributed by atoms with Crippen molar-refractivity contribution in [3.8, 4) is 0 Å². The smallest absolute Gasteiger partial charge is 0.256 e. The Morgan fingerprint density at radius 1 is 1.20 bits per heavy atom. The van der Waals surface area contributed by atoms with Crippen LogP contribution in [0.4, 0.5) is 0 Å². The van der Waals surface area contributed by atoms with Gasteiger partial charge in [0.2, 0.25) is 0 Å². The van der Waals surface area contributed by atoms with Gasteiger partial charge in [-0.25, -0.2) is 0 Å². The number of carbonyl (C=O) groups excluding carboxylic acids is 1. The highest BCUT2D eigenvalue weighted by Crippen LogP contribution is 2.26. The molecule has 0 bridgehead atoms. The summed E-state index contributed by atoms with van der Waals surface area (Å²) in [4.78, 5) is 14.7. The number of nitrogens with zero attached hydrogens (tertiary/aromatic N) is 1. The van der Waals surface area contributed by atoms with Crippen LogP contribution in [-0.2, 0) is 11.3 Å². The Kier molecular flexibility index (Phi) is 5.80. The fourth-order valence-electron chi connectivity index (χ4n) is 4.05. The van der Waals surface area contributed by atoms with Crippen LogP contribution in [0.3, 0.4) is 0 Å². The lowest BCUT2D eigenvalue weighted by Crippen LogP contribution is -2.58. The van der Waals surface area contributed by atoms with E-state index < -0.39 is 5.60 Å². The monoisotopic (exact) mass is 344 g/mol. The molecule has 2 fully saturated rings. The summed E-state index contributed by atoms with van der Waals surface area (Å²) in [6, 6.07) is 8.96. The molecule has 1 saturated heterocycles. The number of hydrogen-bond donors (Lipinski definition) is 2. The molecule has 0 aromatic heterocycles. The average molecular weight is 344 g/mol. The largest absolute Gasteiger partial charge is 0.379 e. The van der Waals surface area contributed by atoms with Gasteiger partial charge in [-0.3, -0.25) is 4.79 Å². The van der Waals surface area contributed by atoms with Gasteiger partial charge in [0.25, 0.3) is 5.91 Å². The van der Waals surface area contributed by atoms with Crippen LogP contribution >= 0.6 is 0 Å². The molecule has 1 saturated carbocycles. The predicted molar refractivity (Wildman–Crippen MR) is 100 cm³/mol. The Morgan fingerprint density at radius 2 is 1.88 bits per heavy atom. The van der Waals surface area contributed by atoms with Gasteiger partial charge in [0.15, 0.2) is 5.60 Å². The molecule has 1 atom stereocenters. The second-order valence-electron chi connectivity index (χ2n) is 8.12. The number of benzene rings is 1. The number of carbonyl (C=O) groups is 1. The van der Waals surface area contributed by atoms with E-state index in [0.717, 1.165) is 31.4 Å². The summed E-state index contributed by atoms with van der Waals surface area (Å²) in [5.74, 6) is 0.398. The van der Waals surface area contributed by atoms with Crippen LogP contribution in [0.5, 0.6) is 0 Å². The summed E-state index contributed by atoms with van der Waals surface area (Å²) >= 11 is 0. The Morgan fingerprint density at radius 3 is 2.52 bits per heavy atom. The number of amides is 1. The minimum atomic E-state index is -1.24. The van der Waals surface area contributed by atoms with Gasteiger partial charge in [0.1, 0.15) is 0 Å². The molecule has 2 aliphatic rings. The van der Waals surface area contributed by atoms with Crippen molar-refractivity contribution in [2.75, 3.05) is 13.1 Å². The molecule has 0 radical (unpaired) electrons. The number of piperidine rings is 1. The van der Waals surface area contributed by atoms with Gasteiger partial charge in [-0.1, -0.05) is 51.0 Å². The summed E-state index contributed by atoms with van der Waals surface area (Å²) in [7, 11) is 0. The third kappa shape index (κ3) is 4.42. The van der Waals surface area contributed by atoms with Gasteiger partial charge < -0.3 is 15.3 Å². The van der Waals surface area contributed by atoms with Gasteiger partial charge in [-0.05, 0) is 42.7 Å². The first-order chi connectivity index (χ1) is 12.0. The van der Waals surface area contributed by atoms with Crippen molar-refractivity contribution >= 4 is 5.91 Å². The van der Waals surface area contributed by atoms with E-state index in [9.17, 15) is 9.90 Å². The van der Waals surface area contributed by atoms with E-state index in [4.69, 9.17) is 0 Å². The Hall–Kier alpha value is -1.39. The number of rotatable bonds is 6. The van der Waals surface area contributed by atoms with Crippen LogP contribution in [0.2, 0.25) is 0 Å². The SMILES string of the molecule is CC(C)c1ccc(CN2CCC[C@](O)(CNC3CCCC3)C2=O)cc1. The molecule has 1 aliphatic carbocycles. The summed E-state index contributed by atoms with van der Waals surface area (Å²) < 4.78 is 0. The second-order valence-corrected chi connectivity index (χ2v) is 8.12. The van der Waals surface area contributed by atoms with Gasteiger partial charge in [-0.15, -0.1) is 0 Å². The van der Waals surface area contributed by atoms with Crippen LogP contribution in [0.15, 0.2) is 24.3 Å². The molecule has 2 N–H and O–H groups in total.